The van der Waals surface area contributed by atoms with Crippen LogP contribution in [0.1, 0.15) is 24.0 Å². The summed E-state index contributed by atoms with van der Waals surface area (Å²) in [5, 5.41) is 0. The topological polar surface area (TPSA) is 51.4 Å². The zero-order valence-electron chi connectivity index (χ0n) is 13.6. The van der Waals surface area contributed by atoms with Gasteiger partial charge in [-0.05, 0) is 55.5 Å². The second-order valence-electron chi connectivity index (χ2n) is 6.69. The van der Waals surface area contributed by atoms with Crippen molar-refractivity contribution in [3.05, 3.63) is 41.6 Å². The molecular formula is C19H23N3O. The number of hydrogen-bond donors (Lipinski definition) is 1. The summed E-state index contributed by atoms with van der Waals surface area (Å²) < 4.78 is 6.05. The van der Waals surface area contributed by atoms with E-state index in [1.54, 1.807) is 0 Å². The number of pyridine rings is 1. The molecule has 4 nitrogen and oxygen atoms in total. The molecule has 0 amide bonds. The van der Waals surface area contributed by atoms with Crippen molar-refractivity contribution in [1.29, 1.82) is 0 Å². The van der Waals surface area contributed by atoms with Crippen molar-refractivity contribution < 1.29 is 4.74 Å². The van der Waals surface area contributed by atoms with E-state index in [1.165, 1.54) is 17.5 Å². The molecule has 23 heavy (non-hydrogen) atoms. The van der Waals surface area contributed by atoms with Gasteiger partial charge in [-0.3, -0.25) is 0 Å². The fraction of sp³-hybridized carbons (Fsp3) is 0.421. The highest BCUT2D eigenvalue weighted by Gasteiger charge is 2.22. The van der Waals surface area contributed by atoms with Gasteiger partial charge in [-0.2, -0.15) is 0 Å². The van der Waals surface area contributed by atoms with E-state index >= 15 is 0 Å². The highest BCUT2D eigenvalue weighted by atomic mass is 16.5. The Kier molecular flexibility index (Phi) is 3.69. The summed E-state index contributed by atoms with van der Waals surface area (Å²) in [6.45, 7) is 2.05. The summed E-state index contributed by atoms with van der Waals surface area (Å²) in [5.74, 6) is 0.697. The molecule has 0 saturated carbocycles. The third-order valence-electron chi connectivity index (χ3n) is 5.01. The van der Waals surface area contributed by atoms with Gasteiger partial charge in [-0.25, -0.2) is 4.98 Å². The highest BCUT2D eigenvalue weighted by Crippen LogP contribution is 2.36. The lowest BCUT2D eigenvalue weighted by Gasteiger charge is -2.15. The van der Waals surface area contributed by atoms with Crippen LogP contribution < -0.4 is 10.5 Å². The van der Waals surface area contributed by atoms with Gasteiger partial charge in [0.15, 0.2) is 0 Å². The van der Waals surface area contributed by atoms with E-state index in [0.29, 0.717) is 5.88 Å². The van der Waals surface area contributed by atoms with Gasteiger partial charge in [-0.1, -0.05) is 12.1 Å². The molecule has 1 unspecified atom stereocenters. The molecule has 4 rings (SSSR count). The number of nitrogens with two attached hydrogens (primary N) is 1. The normalized spacial score (nSPS) is 20.7. The Morgan fingerprint density at radius 3 is 3.00 bits per heavy atom. The van der Waals surface area contributed by atoms with Crippen LogP contribution in [0.2, 0.25) is 0 Å². The average Bonchev–Trinajstić information content (AvgIpc) is 3.17. The molecule has 1 aromatic heterocycles. The molecule has 0 bridgehead atoms. The van der Waals surface area contributed by atoms with Gasteiger partial charge in [0.1, 0.15) is 6.10 Å². The van der Waals surface area contributed by atoms with Gasteiger partial charge < -0.3 is 15.4 Å². The molecular weight excluding hydrogens is 286 g/mol. The number of benzene rings is 1. The number of aromatic nitrogens is 1. The lowest BCUT2D eigenvalue weighted by atomic mass is 9.98. The lowest BCUT2D eigenvalue weighted by molar-refractivity contribution is 0.200. The van der Waals surface area contributed by atoms with Crippen LogP contribution in [0, 0.1) is 0 Å². The Morgan fingerprint density at radius 1 is 1.26 bits per heavy atom. The number of rotatable bonds is 3. The van der Waals surface area contributed by atoms with E-state index in [9.17, 15) is 0 Å². The average molecular weight is 309 g/mol. The monoisotopic (exact) mass is 309 g/mol. The third-order valence-corrected chi connectivity index (χ3v) is 5.01. The number of aryl methyl sites for hydroxylation is 1. The second kappa shape index (κ2) is 5.85. The van der Waals surface area contributed by atoms with E-state index in [2.05, 4.69) is 29.1 Å². The van der Waals surface area contributed by atoms with Crippen molar-refractivity contribution in [3.63, 3.8) is 0 Å². The fourth-order valence-corrected chi connectivity index (χ4v) is 3.75. The maximum Gasteiger partial charge on any atom is 0.214 e. The number of ether oxygens (including phenoxy) is 1. The van der Waals surface area contributed by atoms with E-state index in [-0.39, 0.29) is 6.10 Å². The molecule has 1 fully saturated rings. The smallest absolute Gasteiger partial charge is 0.214 e. The van der Waals surface area contributed by atoms with Crippen LogP contribution >= 0.6 is 0 Å². The van der Waals surface area contributed by atoms with Crippen molar-refractivity contribution in [1.82, 2.24) is 9.88 Å². The maximum absolute atomic E-state index is 6.43. The fourth-order valence-electron chi connectivity index (χ4n) is 3.75. The first-order chi connectivity index (χ1) is 11.2. The van der Waals surface area contributed by atoms with Crippen LogP contribution in [0.25, 0.3) is 11.1 Å². The van der Waals surface area contributed by atoms with E-state index in [1.807, 2.05) is 18.3 Å². The minimum Gasteiger partial charge on any atom is -0.473 e. The molecule has 2 aromatic rings. The van der Waals surface area contributed by atoms with Crippen LogP contribution in [-0.2, 0) is 12.8 Å². The summed E-state index contributed by atoms with van der Waals surface area (Å²) in [6.07, 6.45) is 6.57. The first kappa shape index (κ1) is 14.5. The number of likely N-dealkylation sites (N-methyl/N-ethyl adjacent to an activating group) is 1. The minimum atomic E-state index is 0.236. The second-order valence-corrected chi connectivity index (χ2v) is 6.69. The largest absolute Gasteiger partial charge is 0.473 e. The molecule has 2 heterocycles. The van der Waals surface area contributed by atoms with Gasteiger partial charge in [0.25, 0.3) is 0 Å². The third kappa shape index (κ3) is 2.79. The Labute approximate surface area is 137 Å². The van der Waals surface area contributed by atoms with Gasteiger partial charge in [-0.15, -0.1) is 0 Å². The van der Waals surface area contributed by atoms with Gasteiger partial charge in [0.2, 0.25) is 5.88 Å². The zero-order valence-corrected chi connectivity index (χ0v) is 13.6. The Bertz CT molecular complexity index is 729. The Hall–Kier alpha value is -2.07. The summed E-state index contributed by atoms with van der Waals surface area (Å²) >= 11 is 0. The van der Waals surface area contributed by atoms with Crippen molar-refractivity contribution in [2.24, 2.45) is 0 Å². The SMILES string of the molecule is CN1CCC(Oc2cc(-c3ccc4c(c3N)CCC4)ccn2)C1. The van der Waals surface area contributed by atoms with Gasteiger partial charge in [0.05, 0.1) is 0 Å². The van der Waals surface area contributed by atoms with Crippen LogP contribution in [0.5, 0.6) is 5.88 Å². The number of fused-ring (bicyclic) bond motifs is 1. The van der Waals surface area contributed by atoms with E-state index in [0.717, 1.165) is 49.2 Å². The molecule has 2 aliphatic rings. The molecule has 1 saturated heterocycles. The van der Waals surface area contributed by atoms with Crippen molar-refractivity contribution >= 4 is 5.69 Å². The summed E-state index contributed by atoms with van der Waals surface area (Å²) in [6, 6.07) is 8.40. The standard InChI is InChI=1S/C19H23N3O/c1-22-10-8-15(12-22)23-18-11-14(7-9-21-18)17-6-5-13-3-2-4-16(13)19(17)20/h5-7,9,11,15H,2-4,8,10,12,20H2,1H3. The predicted octanol–water partition coefficient (Wildman–Crippen LogP) is 2.90. The summed E-state index contributed by atoms with van der Waals surface area (Å²) in [7, 11) is 2.12. The van der Waals surface area contributed by atoms with Gasteiger partial charge >= 0.3 is 0 Å². The number of nitrogen functional groups attached to an aromatic ring is 1. The van der Waals surface area contributed by atoms with Crippen molar-refractivity contribution in [3.8, 4) is 17.0 Å². The summed E-state index contributed by atoms with van der Waals surface area (Å²) in [4.78, 5) is 6.66. The van der Waals surface area contributed by atoms with E-state index < -0.39 is 0 Å². The zero-order chi connectivity index (χ0) is 15.8. The number of hydrogen-bond acceptors (Lipinski definition) is 4. The molecule has 0 radical (unpaired) electrons. The lowest BCUT2D eigenvalue weighted by Crippen LogP contribution is -2.21. The minimum absolute atomic E-state index is 0.236. The van der Waals surface area contributed by atoms with E-state index in [4.69, 9.17) is 10.5 Å². The van der Waals surface area contributed by atoms with Crippen LogP contribution in [0.4, 0.5) is 5.69 Å². The quantitative estimate of drug-likeness (QED) is 0.886. The number of anilines is 1. The molecule has 4 heteroatoms. The molecule has 1 aliphatic carbocycles. The molecule has 0 spiro atoms. The first-order valence-corrected chi connectivity index (χ1v) is 8.42. The summed E-state index contributed by atoms with van der Waals surface area (Å²) in [5.41, 5.74) is 12.3. The maximum atomic E-state index is 6.43. The number of likely N-dealkylation sites (tertiary alicyclic amines) is 1. The van der Waals surface area contributed by atoms with Gasteiger partial charge in [0, 0.05) is 36.6 Å². The van der Waals surface area contributed by atoms with Crippen molar-refractivity contribution in [2.75, 3.05) is 25.9 Å². The number of nitrogens with zero attached hydrogens (tertiary/aromatic N) is 2. The Balaban J connectivity index is 1.61. The first-order valence-electron chi connectivity index (χ1n) is 8.42. The van der Waals surface area contributed by atoms with Crippen molar-refractivity contribution in [2.45, 2.75) is 31.8 Å². The molecule has 120 valence electrons. The van der Waals surface area contributed by atoms with Crippen LogP contribution in [0.3, 0.4) is 0 Å². The Morgan fingerprint density at radius 2 is 2.17 bits per heavy atom. The molecule has 2 N–H and O–H groups in total. The van der Waals surface area contributed by atoms with Crippen LogP contribution in [-0.4, -0.2) is 36.1 Å². The molecule has 1 atom stereocenters. The predicted molar refractivity (Wildman–Crippen MR) is 92.6 cm³/mol. The molecule has 1 aliphatic heterocycles. The van der Waals surface area contributed by atoms with Crippen LogP contribution in [0.15, 0.2) is 30.5 Å². The molecule has 1 aromatic carbocycles. The highest BCUT2D eigenvalue weighted by molar-refractivity contribution is 5.80.